The van der Waals surface area contributed by atoms with E-state index in [-0.39, 0.29) is 23.8 Å². The Labute approximate surface area is 109 Å². The first-order valence-corrected chi connectivity index (χ1v) is 5.96. The van der Waals surface area contributed by atoms with Crippen molar-refractivity contribution < 1.29 is 19.2 Å². The number of carbonyl (C=O) groups is 1. The molecule has 7 nitrogen and oxygen atoms in total. The lowest BCUT2D eigenvalue weighted by molar-refractivity contribution is -0.391. The highest BCUT2D eigenvalue weighted by atomic mass is 16.6. The maximum Gasteiger partial charge on any atom is 0.406 e. The van der Waals surface area contributed by atoms with Crippen LogP contribution in [0, 0.1) is 17.0 Å². The van der Waals surface area contributed by atoms with Crippen molar-refractivity contribution in [1.29, 1.82) is 0 Å². The quantitative estimate of drug-likeness (QED) is 0.591. The number of aromatic nitrogens is 1. The minimum Gasteiger partial charge on any atom is -0.479 e. The van der Waals surface area contributed by atoms with Crippen molar-refractivity contribution in [3.8, 4) is 5.75 Å². The third-order valence-corrected chi connectivity index (χ3v) is 2.83. The molecule has 1 aromatic rings. The molecule has 1 aliphatic rings. The molecular formula is C12H14N2O5. The molecule has 0 saturated heterocycles. The van der Waals surface area contributed by atoms with Gasteiger partial charge in [-0.1, -0.05) is 0 Å². The van der Waals surface area contributed by atoms with Crippen LogP contribution in [-0.2, 0) is 9.53 Å². The largest absolute Gasteiger partial charge is 0.479 e. The number of pyridine rings is 1. The number of rotatable bonds is 5. The maximum absolute atomic E-state index is 11.3. The van der Waals surface area contributed by atoms with Gasteiger partial charge in [0.05, 0.1) is 0 Å². The molecule has 102 valence electrons. The Kier molecular flexibility index (Phi) is 3.75. The highest BCUT2D eigenvalue weighted by Crippen LogP contribution is 2.30. The average molecular weight is 266 g/mol. The molecule has 0 aliphatic heterocycles. The topological polar surface area (TPSA) is 91.6 Å². The Morgan fingerprint density at radius 1 is 1.53 bits per heavy atom. The summed E-state index contributed by atoms with van der Waals surface area (Å²) < 4.78 is 10.7. The molecule has 2 rings (SSSR count). The average Bonchev–Trinajstić information content (AvgIpc) is 2.37. The van der Waals surface area contributed by atoms with E-state index in [2.05, 4.69) is 4.98 Å². The summed E-state index contributed by atoms with van der Waals surface area (Å²) in [6.45, 7) is 3.83. The molecule has 0 spiro atoms. The van der Waals surface area contributed by atoms with Crippen LogP contribution in [-0.4, -0.2) is 34.5 Å². The summed E-state index contributed by atoms with van der Waals surface area (Å²) in [4.78, 5) is 25.5. The van der Waals surface area contributed by atoms with Crippen molar-refractivity contribution in [2.75, 3.05) is 6.61 Å². The monoisotopic (exact) mass is 266 g/mol. The highest BCUT2D eigenvalue weighted by molar-refractivity contribution is 5.90. The van der Waals surface area contributed by atoms with Gasteiger partial charge in [0.2, 0.25) is 5.75 Å². The van der Waals surface area contributed by atoms with Crippen molar-refractivity contribution in [2.45, 2.75) is 32.5 Å². The van der Waals surface area contributed by atoms with Gasteiger partial charge in [-0.3, -0.25) is 4.79 Å². The Balaban J connectivity index is 2.15. The number of Topliss-reactive ketones (excluding diaryl/α,β-unsaturated/α-hetero) is 1. The van der Waals surface area contributed by atoms with Crippen LogP contribution in [0.3, 0.4) is 0 Å². The number of carbonyl (C=O) groups excluding carboxylic acids is 1. The maximum atomic E-state index is 11.3. The molecule has 7 heteroatoms. The summed E-state index contributed by atoms with van der Waals surface area (Å²) in [6.07, 6.45) is -0.906. The summed E-state index contributed by atoms with van der Waals surface area (Å²) in [6, 6.07) is 3.12. The van der Waals surface area contributed by atoms with Gasteiger partial charge >= 0.3 is 5.82 Å². The van der Waals surface area contributed by atoms with Gasteiger partial charge in [-0.2, -0.15) is 0 Å². The molecule has 0 radical (unpaired) electrons. The zero-order valence-electron chi connectivity index (χ0n) is 10.7. The number of aryl methyl sites for hydroxylation is 1. The Hall–Kier alpha value is -2.02. The summed E-state index contributed by atoms with van der Waals surface area (Å²) in [5, 5.41) is 10.9. The molecule has 1 aromatic heterocycles. The fourth-order valence-electron chi connectivity index (χ4n) is 1.87. The molecular weight excluding hydrogens is 252 g/mol. The van der Waals surface area contributed by atoms with Crippen LogP contribution >= 0.6 is 0 Å². The zero-order chi connectivity index (χ0) is 14.0. The molecule has 2 unspecified atom stereocenters. The lowest BCUT2D eigenvalue weighted by atomic mass is 9.90. The first-order valence-electron chi connectivity index (χ1n) is 5.96. The van der Waals surface area contributed by atoms with Gasteiger partial charge in [-0.25, -0.2) is 0 Å². The second kappa shape index (κ2) is 5.31. The van der Waals surface area contributed by atoms with E-state index in [0.717, 1.165) is 0 Å². The summed E-state index contributed by atoms with van der Waals surface area (Å²) >= 11 is 0. The smallest absolute Gasteiger partial charge is 0.406 e. The van der Waals surface area contributed by atoms with E-state index in [4.69, 9.17) is 9.47 Å². The van der Waals surface area contributed by atoms with Crippen molar-refractivity contribution in [3.63, 3.8) is 0 Å². The third-order valence-electron chi connectivity index (χ3n) is 2.83. The predicted molar refractivity (Wildman–Crippen MR) is 65.1 cm³/mol. The van der Waals surface area contributed by atoms with Crippen LogP contribution in [0.4, 0.5) is 5.82 Å². The Morgan fingerprint density at radius 2 is 2.26 bits per heavy atom. The number of nitro groups is 1. The molecule has 0 aromatic carbocycles. The lowest BCUT2D eigenvalue weighted by Gasteiger charge is -2.34. The van der Waals surface area contributed by atoms with Crippen LogP contribution < -0.4 is 4.74 Å². The van der Waals surface area contributed by atoms with E-state index < -0.39 is 17.1 Å². The molecule has 0 amide bonds. The second-order valence-electron chi connectivity index (χ2n) is 4.23. The summed E-state index contributed by atoms with van der Waals surface area (Å²) in [5.41, 5.74) is 0.532. The standard InChI is InChI=1S/C12H14N2O5/c1-3-18-11-8(15)6-10(11)19-9-5-4-7(2)13-12(9)14(16)17/h4-5,10-11H,3,6H2,1-2H3. The fourth-order valence-corrected chi connectivity index (χ4v) is 1.87. The second-order valence-corrected chi connectivity index (χ2v) is 4.23. The molecule has 1 aliphatic carbocycles. The number of ketones is 1. The molecule has 2 atom stereocenters. The number of ether oxygens (including phenoxy) is 2. The van der Waals surface area contributed by atoms with E-state index in [1.165, 1.54) is 6.07 Å². The predicted octanol–water partition coefficient (Wildman–Crippen LogP) is 1.42. The molecule has 19 heavy (non-hydrogen) atoms. The van der Waals surface area contributed by atoms with E-state index in [1.807, 2.05) is 0 Å². The first-order chi connectivity index (χ1) is 9.02. The van der Waals surface area contributed by atoms with Gasteiger partial charge in [0.1, 0.15) is 11.8 Å². The molecule has 0 bridgehead atoms. The number of nitrogens with zero attached hydrogens (tertiary/aromatic N) is 2. The number of hydrogen-bond acceptors (Lipinski definition) is 6. The normalized spacial score (nSPS) is 21.9. The molecule has 0 N–H and O–H groups in total. The van der Waals surface area contributed by atoms with E-state index >= 15 is 0 Å². The SMILES string of the molecule is CCOC1C(=O)CC1Oc1ccc(C)nc1[N+](=O)[O-]. The van der Waals surface area contributed by atoms with Gasteiger partial charge < -0.3 is 19.6 Å². The fraction of sp³-hybridized carbons (Fsp3) is 0.500. The van der Waals surface area contributed by atoms with Gasteiger partial charge in [0.15, 0.2) is 11.9 Å². The van der Waals surface area contributed by atoms with Crippen molar-refractivity contribution in [2.24, 2.45) is 0 Å². The van der Waals surface area contributed by atoms with E-state index in [9.17, 15) is 14.9 Å². The van der Waals surface area contributed by atoms with Crippen LogP contribution in [0.2, 0.25) is 0 Å². The highest BCUT2D eigenvalue weighted by Gasteiger charge is 2.43. The first kappa shape index (κ1) is 13.4. The van der Waals surface area contributed by atoms with Crippen molar-refractivity contribution >= 4 is 11.6 Å². The minimum atomic E-state index is -0.633. The van der Waals surface area contributed by atoms with E-state index in [1.54, 1.807) is 19.9 Å². The lowest BCUT2D eigenvalue weighted by Crippen LogP contribution is -2.52. The van der Waals surface area contributed by atoms with E-state index in [0.29, 0.717) is 12.3 Å². The number of hydrogen-bond donors (Lipinski definition) is 0. The molecule has 1 saturated carbocycles. The Bertz CT molecular complexity index is 517. The third kappa shape index (κ3) is 2.70. The van der Waals surface area contributed by atoms with Crippen LogP contribution in [0.5, 0.6) is 5.75 Å². The van der Waals surface area contributed by atoms with Gasteiger partial charge in [0.25, 0.3) is 0 Å². The molecule has 1 fully saturated rings. The van der Waals surface area contributed by atoms with Gasteiger partial charge in [-0.15, -0.1) is 0 Å². The van der Waals surface area contributed by atoms with Crippen LogP contribution in [0.1, 0.15) is 19.0 Å². The van der Waals surface area contributed by atoms with Gasteiger partial charge in [-0.05, 0) is 29.0 Å². The van der Waals surface area contributed by atoms with Gasteiger partial charge in [0, 0.05) is 20.0 Å². The Morgan fingerprint density at radius 3 is 2.84 bits per heavy atom. The van der Waals surface area contributed by atoms with Crippen molar-refractivity contribution in [1.82, 2.24) is 4.98 Å². The summed E-state index contributed by atoms with van der Waals surface area (Å²) in [5.74, 6) is -0.318. The van der Waals surface area contributed by atoms with Crippen LogP contribution in [0.25, 0.3) is 0 Å². The minimum absolute atomic E-state index is 0.0467. The summed E-state index contributed by atoms with van der Waals surface area (Å²) in [7, 11) is 0. The van der Waals surface area contributed by atoms with Crippen molar-refractivity contribution in [3.05, 3.63) is 27.9 Å². The molecule has 1 heterocycles. The van der Waals surface area contributed by atoms with Crippen LogP contribution in [0.15, 0.2) is 12.1 Å². The zero-order valence-corrected chi connectivity index (χ0v) is 10.7.